The fourth-order valence-corrected chi connectivity index (χ4v) is 3.05. The first kappa shape index (κ1) is 15.9. The molecule has 0 amide bonds. The van der Waals surface area contributed by atoms with Crippen molar-refractivity contribution in [3.8, 4) is 16.3 Å². The van der Waals surface area contributed by atoms with Gasteiger partial charge in [0.05, 0.1) is 18.9 Å². The van der Waals surface area contributed by atoms with Gasteiger partial charge in [-0.25, -0.2) is 4.98 Å². The van der Waals surface area contributed by atoms with Crippen LogP contribution in [0.15, 0.2) is 24.3 Å². The monoisotopic (exact) mass is 306 g/mol. The molecule has 1 aromatic heterocycles. The molecule has 5 heteroatoms. The van der Waals surface area contributed by atoms with Crippen molar-refractivity contribution in [1.29, 1.82) is 0 Å². The van der Waals surface area contributed by atoms with E-state index in [0.717, 1.165) is 41.6 Å². The molecular weight excluding hydrogens is 284 g/mol. The zero-order valence-electron chi connectivity index (χ0n) is 12.8. The first-order valence-electron chi connectivity index (χ1n) is 7.13. The van der Waals surface area contributed by atoms with Gasteiger partial charge < -0.3 is 14.8 Å². The lowest BCUT2D eigenvalue weighted by Gasteiger charge is -2.04. The summed E-state index contributed by atoms with van der Waals surface area (Å²) in [6.07, 6.45) is 1.02. The number of aromatic nitrogens is 1. The van der Waals surface area contributed by atoms with Gasteiger partial charge in [0, 0.05) is 24.1 Å². The molecule has 0 saturated heterocycles. The van der Waals surface area contributed by atoms with Crippen molar-refractivity contribution in [2.75, 3.05) is 20.8 Å². The molecule has 4 nitrogen and oxygen atoms in total. The first-order chi connectivity index (χ1) is 10.3. The predicted octanol–water partition coefficient (Wildman–Crippen LogP) is 3.46. The van der Waals surface area contributed by atoms with Crippen molar-refractivity contribution in [2.24, 2.45) is 0 Å². The molecule has 0 spiro atoms. The fourth-order valence-electron chi connectivity index (χ4n) is 1.97. The first-order valence-corrected chi connectivity index (χ1v) is 7.95. The molecule has 0 aliphatic heterocycles. The van der Waals surface area contributed by atoms with Crippen molar-refractivity contribution in [2.45, 2.75) is 26.5 Å². The van der Waals surface area contributed by atoms with Gasteiger partial charge in [0.1, 0.15) is 10.8 Å². The van der Waals surface area contributed by atoms with Gasteiger partial charge >= 0.3 is 0 Å². The van der Waals surface area contributed by atoms with Gasteiger partial charge in [-0.2, -0.15) is 0 Å². The molecular formula is C16H22N2O2S. The molecule has 0 unspecified atom stereocenters. The molecule has 0 saturated carbocycles. The van der Waals surface area contributed by atoms with E-state index in [9.17, 15) is 0 Å². The smallest absolute Gasteiger partial charge is 0.124 e. The summed E-state index contributed by atoms with van der Waals surface area (Å²) in [7, 11) is 3.64. The van der Waals surface area contributed by atoms with Crippen molar-refractivity contribution >= 4 is 11.3 Å². The van der Waals surface area contributed by atoms with Crippen LogP contribution in [-0.4, -0.2) is 25.7 Å². The van der Waals surface area contributed by atoms with Crippen LogP contribution in [0.1, 0.15) is 23.9 Å². The van der Waals surface area contributed by atoms with E-state index >= 15 is 0 Å². The van der Waals surface area contributed by atoms with Gasteiger partial charge in [0.25, 0.3) is 0 Å². The van der Waals surface area contributed by atoms with E-state index in [1.165, 1.54) is 4.88 Å². The highest BCUT2D eigenvalue weighted by Gasteiger charge is 2.12. The van der Waals surface area contributed by atoms with Gasteiger partial charge in [-0.1, -0.05) is 6.92 Å². The van der Waals surface area contributed by atoms with Crippen LogP contribution in [0.25, 0.3) is 10.6 Å². The number of rotatable bonds is 8. The Morgan fingerprint density at radius 1 is 1.24 bits per heavy atom. The zero-order valence-corrected chi connectivity index (χ0v) is 13.6. The molecule has 0 atom stereocenters. The van der Waals surface area contributed by atoms with Crippen LogP contribution >= 0.6 is 11.3 Å². The summed E-state index contributed by atoms with van der Waals surface area (Å²) in [5, 5.41) is 4.20. The molecule has 0 radical (unpaired) electrons. The summed E-state index contributed by atoms with van der Waals surface area (Å²) >= 11 is 1.71. The van der Waals surface area contributed by atoms with Crippen molar-refractivity contribution in [3.05, 3.63) is 34.8 Å². The van der Waals surface area contributed by atoms with Crippen LogP contribution in [0.4, 0.5) is 0 Å². The lowest BCUT2D eigenvalue weighted by molar-refractivity contribution is 0.181. The van der Waals surface area contributed by atoms with E-state index in [0.29, 0.717) is 6.61 Å². The normalized spacial score (nSPS) is 10.8. The summed E-state index contributed by atoms with van der Waals surface area (Å²) in [6.45, 7) is 4.21. The minimum atomic E-state index is 0.547. The number of nitrogens with zero attached hydrogens (tertiary/aromatic N) is 1. The number of thiazole rings is 1. The third-order valence-corrected chi connectivity index (χ3v) is 4.12. The topological polar surface area (TPSA) is 43.4 Å². The molecule has 1 N–H and O–H groups in total. The number of hydrogen-bond donors (Lipinski definition) is 1. The SMILES string of the molecule is CCCOc1ccc(-c2nc(COC)c(CNC)s2)cc1. The average Bonchev–Trinajstić information content (AvgIpc) is 2.90. The summed E-state index contributed by atoms with van der Waals surface area (Å²) < 4.78 is 10.8. The maximum absolute atomic E-state index is 5.61. The van der Waals surface area contributed by atoms with Crippen LogP contribution in [0.5, 0.6) is 5.75 Å². The third-order valence-electron chi connectivity index (χ3n) is 2.97. The molecule has 1 aromatic carbocycles. The van der Waals surface area contributed by atoms with E-state index in [1.807, 2.05) is 19.2 Å². The minimum absolute atomic E-state index is 0.547. The number of benzene rings is 1. The zero-order chi connectivity index (χ0) is 15.1. The van der Waals surface area contributed by atoms with Crippen molar-refractivity contribution < 1.29 is 9.47 Å². The second-order valence-electron chi connectivity index (χ2n) is 4.73. The molecule has 114 valence electrons. The van der Waals surface area contributed by atoms with E-state index in [1.54, 1.807) is 18.4 Å². The number of hydrogen-bond acceptors (Lipinski definition) is 5. The Morgan fingerprint density at radius 3 is 2.62 bits per heavy atom. The Labute approximate surface area is 130 Å². The Balaban J connectivity index is 2.18. The molecule has 0 bridgehead atoms. The van der Waals surface area contributed by atoms with Crippen molar-refractivity contribution in [3.63, 3.8) is 0 Å². The summed E-state index contributed by atoms with van der Waals surface area (Å²) in [5.41, 5.74) is 2.13. The quantitative estimate of drug-likeness (QED) is 0.811. The van der Waals surface area contributed by atoms with Crippen molar-refractivity contribution in [1.82, 2.24) is 10.3 Å². The third kappa shape index (κ3) is 4.27. The van der Waals surface area contributed by atoms with E-state index < -0.39 is 0 Å². The molecule has 0 aliphatic rings. The number of nitrogens with one attached hydrogen (secondary N) is 1. The molecule has 2 aromatic rings. The molecule has 2 rings (SSSR count). The van der Waals surface area contributed by atoms with Gasteiger partial charge in [-0.15, -0.1) is 11.3 Å². The standard InChI is InChI=1S/C16H22N2O2S/c1-4-9-20-13-7-5-12(6-8-13)16-18-14(11-19-3)15(21-16)10-17-2/h5-8,17H,4,9-11H2,1-3H3. The van der Waals surface area contributed by atoms with E-state index in [4.69, 9.17) is 14.5 Å². The van der Waals surface area contributed by atoms with Crippen LogP contribution < -0.4 is 10.1 Å². The summed E-state index contributed by atoms with van der Waals surface area (Å²) in [5.74, 6) is 0.907. The largest absolute Gasteiger partial charge is 0.494 e. The second kappa shape index (κ2) is 8.12. The number of ether oxygens (including phenoxy) is 2. The van der Waals surface area contributed by atoms with E-state index in [-0.39, 0.29) is 0 Å². The maximum atomic E-state index is 5.61. The Hall–Kier alpha value is -1.43. The van der Waals surface area contributed by atoms with Gasteiger partial charge in [-0.3, -0.25) is 0 Å². The Morgan fingerprint density at radius 2 is 2.00 bits per heavy atom. The van der Waals surface area contributed by atoms with Gasteiger partial charge in [-0.05, 0) is 37.7 Å². The lowest BCUT2D eigenvalue weighted by Crippen LogP contribution is -2.06. The Bertz CT molecular complexity index is 528. The van der Waals surface area contributed by atoms with Crippen LogP contribution in [0.3, 0.4) is 0 Å². The molecule has 0 fully saturated rings. The highest BCUT2D eigenvalue weighted by atomic mass is 32.1. The maximum Gasteiger partial charge on any atom is 0.124 e. The van der Waals surface area contributed by atoms with Crippen LogP contribution in [0, 0.1) is 0 Å². The molecule has 1 heterocycles. The minimum Gasteiger partial charge on any atom is -0.494 e. The summed E-state index contributed by atoms with van der Waals surface area (Å²) in [4.78, 5) is 5.92. The van der Waals surface area contributed by atoms with Gasteiger partial charge in [0.15, 0.2) is 0 Å². The highest BCUT2D eigenvalue weighted by molar-refractivity contribution is 7.15. The second-order valence-corrected chi connectivity index (χ2v) is 5.81. The molecule has 0 aliphatic carbocycles. The van der Waals surface area contributed by atoms with Crippen LogP contribution in [-0.2, 0) is 17.9 Å². The van der Waals surface area contributed by atoms with Gasteiger partial charge in [0.2, 0.25) is 0 Å². The number of methoxy groups -OCH3 is 1. The summed E-state index contributed by atoms with van der Waals surface area (Å²) in [6, 6.07) is 8.12. The molecule has 21 heavy (non-hydrogen) atoms. The average molecular weight is 306 g/mol. The fraction of sp³-hybridized carbons (Fsp3) is 0.438. The highest BCUT2D eigenvalue weighted by Crippen LogP contribution is 2.29. The van der Waals surface area contributed by atoms with E-state index in [2.05, 4.69) is 24.4 Å². The van der Waals surface area contributed by atoms with Crippen LogP contribution in [0.2, 0.25) is 0 Å². The predicted molar refractivity (Wildman–Crippen MR) is 86.8 cm³/mol. The lowest BCUT2D eigenvalue weighted by atomic mass is 10.2. The Kier molecular flexibility index (Phi) is 6.17.